The molecule has 0 fully saturated rings. The first-order valence-electron chi connectivity index (χ1n) is 5.86. The Balaban J connectivity index is 3.14. The molecule has 0 heterocycles. The molecular weight excluding hydrogens is 216 g/mol. The fraction of sp³-hybridized carbons (Fsp3) is 0.538. The van der Waals surface area contributed by atoms with Crippen LogP contribution in [-0.4, -0.2) is 33.4 Å². The van der Waals surface area contributed by atoms with E-state index in [0.29, 0.717) is 6.54 Å². The SMILES string of the molecule is CCN(c1cc(OC)ccc1OC)C(C)CN. The van der Waals surface area contributed by atoms with Gasteiger partial charge in [-0.2, -0.15) is 0 Å². The molecule has 1 atom stereocenters. The Hall–Kier alpha value is -1.42. The van der Waals surface area contributed by atoms with E-state index in [2.05, 4.69) is 18.7 Å². The van der Waals surface area contributed by atoms with Crippen LogP contribution in [-0.2, 0) is 0 Å². The van der Waals surface area contributed by atoms with Crippen molar-refractivity contribution in [2.45, 2.75) is 19.9 Å². The van der Waals surface area contributed by atoms with Gasteiger partial charge >= 0.3 is 0 Å². The number of hydrogen-bond donors (Lipinski definition) is 1. The maximum Gasteiger partial charge on any atom is 0.142 e. The van der Waals surface area contributed by atoms with E-state index in [1.165, 1.54) is 0 Å². The van der Waals surface area contributed by atoms with Gasteiger partial charge in [0.1, 0.15) is 11.5 Å². The molecular formula is C13H22N2O2. The second kappa shape index (κ2) is 6.35. The second-order valence-electron chi connectivity index (χ2n) is 3.91. The quantitative estimate of drug-likeness (QED) is 0.822. The monoisotopic (exact) mass is 238 g/mol. The summed E-state index contributed by atoms with van der Waals surface area (Å²) in [6.07, 6.45) is 0. The topological polar surface area (TPSA) is 47.7 Å². The lowest BCUT2D eigenvalue weighted by Crippen LogP contribution is -2.38. The minimum absolute atomic E-state index is 0.265. The first kappa shape index (κ1) is 13.6. The van der Waals surface area contributed by atoms with Gasteiger partial charge < -0.3 is 20.1 Å². The van der Waals surface area contributed by atoms with E-state index in [9.17, 15) is 0 Å². The molecule has 1 rings (SSSR count). The summed E-state index contributed by atoms with van der Waals surface area (Å²) in [6.45, 7) is 5.68. The summed E-state index contributed by atoms with van der Waals surface area (Å²) in [4.78, 5) is 2.21. The van der Waals surface area contributed by atoms with Gasteiger partial charge in [0, 0.05) is 25.2 Å². The van der Waals surface area contributed by atoms with Gasteiger partial charge in [0.15, 0.2) is 0 Å². The number of benzene rings is 1. The van der Waals surface area contributed by atoms with E-state index >= 15 is 0 Å². The minimum atomic E-state index is 0.265. The molecule has 0 saturated heterocycles. The van der Waals surface area contributed by atoms with Crippen LogP contribution in [0.4, 0.5) is 5.69 Å². The van der Waals surface area contributed by atoms with E-state index in [0.717, 1.165) is 23.7 Å². The summed E-state index contributed by atoms with van der Waals surface area (Å²) in [5.41, 5.74) is 6.75. The third kappa shape index (κ3) is 3.03. The van der Waals surface area contributed by atoms with Gasteiger partial charge in [-0.3, -0.25) is 0 Å². The molecule has 0 aliphatic carbocycles. The first-order chi connectivity index (χ1) is 8.17. The van der Waals surface area contributed by atoms with E-state index in [1.54, 1.807) is 14.2 Å². The van der Waals surface area contributed by atoms with Crippen LogP contribution in [0.3, 0.4) is 0 Å². The standard InChI is InChI=1S/C13H22N2O2/c1-5-15(10(2)9-14)12-8-11(16-3)6-7-13(12)17-4/h6-8,10H,5,9,14H2,1-4H3. The molecule has 1 aromatic rings. The van der Waals surface area contributed by atoms with Crippen LogP contribution in [0.15, 0.2) is 18.2 Å². The van der Waals surface area contributed by atoms with Gasteiger partial charge in [0.2, 0.25) is 0 Å². The van der Waals surface area contributed by atoms with Crippen LogP contribution in [0.1, 0.15) is 13.8 Å². The van der Waals surface area contributed by atoms with Gasteiger partial charge in [0.05, 0.1) is 19.9 Å². The Bertz CT molecular complexity index is 355. The molecule has 2 N–H and O–H groups in total. The molecule has 0 aliphatic rings. The van der Waals surface area contributed by atoms with E-state index in [1.807, 2.05) is 18.2 Å². The van der Waals surface area contributed by atoms with Crippen molar-refractivity contribution in [3.8, 4) is 11.5 Å². The van der Waals surface area contributed by atoms with Gasteiger partial charge in [-0.1, -0.05) is 0 Å². The summed E-state index contributed by atoms with van der Waals surface area (Å²) in [7, 11) is 3.33. The average Bonchev–Trinajstić information content (AvgIpc) is 2.39. The van der Waals surface area contributed by atoms with Gasteiger partial charge in [-0.25, -0.2) is 0 Å². The summed E-state index contributed by atoms with van der Waals surface area (Å²) in [6, 6.07) is 6.05. The lowest BCUT2D eigenvalue weighted by atomic mass is 10.2. The number of anilines is 1. The summed E-state index contributed by atoms with van der Waals surface area (Å²) < 4.78 is 10.6. The number of nitrogens with zero attached hydrogens (tertiary/aromatic N) is 1. The fourth-order valence-corrected chi connectivity index (χ4v) is 1.87. The Kier molecular flexibility index (Phi) is 5.10. The maximum atomic E-state index is 5.73. The molecule has 0 bridgehead atoms. The zero-order valence-electron chi connectivity index (χ0n) is 11.1. The molecule has 0 aliphatic heterocycles. The molecule has 0 amide bonds. The van der Waals surface area contributed by atoms with Crippen LogP contribution < -0.4 is 20.1 Å². The van der Waals surface area contributed by atoms with Crippen molar-refractivity contribution in [3.05, 3.63) is 18.2 Å². The molecule has 1 aromatic carbocycles. The maximum absolute atomic E-state index is 5.73. The van der Waals surface area contributed by atoms with Gasteiger partial charge in [0.25, 0.3) is 0 Å². The molecule has 17 heavy (non-hydrogen) atoms. The van der Waals surface area contributed by atoms with Crippen LogP contribution >= 0.6 is 0 Å². The Morgan fingerprint density at radius 3 is 2.47 bits per heavy atom. The number of hydrogen-bond acceptors (Lipinski definition) is 4. The number of methoxy groups -OCH3 is 2. The average molecular weight is 238 g/mol. The Morgan fingerprint density at radius 1 is 1.29 bits per heavy atom. The number of likely N-dealkylation sites (N-methyl/N-ethyl adjacent to an activating group) is 1. The highest BCUT2D eigenvalue weighted by Gasteiger charge is 2.16. The van der Waals surface area contributed by atoms with Crippen molar-refractivity contribution in [1.29, 1.82) is 0 Å². The van der Waals surface area contributed by atoms with Crippen molar-refractivity contribution in [2.24, 2.45) is 5.73 Å². The third-order valence-electron chi connectivity index (χ3n) is 2.91. The van der Waals surface area contributed by atoms with Crippen molar-refractivity contribution >= 4 is 5.69 Å². The summed E-state index contributed by atoms with van der Waals surface area (Å²) in [5.74, 6) is 1.66. The first-order valence-corrected chi connectivity index (χ1v) is 5.86. The van der Waals surface area contributed by atoms with Crippen molar-refractivity contribution < 1.29 is 9.47 Å². The van der Waals surface area contributed by atoms with Gasteiger partial charge in [-0.05, 0) is 26.0 Å². The number of ether oxygens (including phenoxy) is 2. The Labute approximate surface area is 103 Å². The van der Waals surface area contributed by atoms with Crippen molar-refractivity contribution in [1.82, 2.24) is 0 Å². The highest BCUT2D eigenvalue weighted by molar-refractivity contribution is 5.62. The number of rotatable bonds is 6. The van der Waals surface area contributed by atoms with Crippen molar-refractivity contribution in [3.63, 3.8) is 0 Å². The van der Waals surface area contributed by atoms with E-state index < -0.39 is 0 Å². The highest BCUT2D eigenvalue weighted by atomic mass is 16.5. The predicted molar refractivity (Wildman–Crippen MR) is 71.1 cm³/mol. The molecule has 96 valence electrons. The molecule has 4 heteroatoms. The van der Waals surface area contributed by atoms with Crippen LogP contribution in [0, 0.1) is 0 Å². The fourth-order valence-electron chi connectivity index (χ4n) is 1.87. The van der Waals surface area contributed by atoms with Crippen LogP contribution in [0.25, 0.3) is 0 Å². The third-order valence-corrected chi connectivity index (χ3v) is 2.91. The summed E-state index contributed by atoms with van der Waals surface area (Å²) in [5, 5.41) is 0. The van der Waals surface area contributed by atoms with E-state index in [-0.39, 0.29) is 6.04 Å². The lowest BCUT2D eigenvalue weighted by molar-refractivity contribution is 0.402. The van der Waals surface area contributed by atoms with Crippen LogP contribution in [0.2, 0.25) is 0 Å². The van der Waals surface area contributed by atoms with Crippen LogP contribution in [0.5, 0.6) is 11.5 Å². The molecule has 0 aromatic heterocycles. The highest BCUT2D eigenvalue weighted by Crippen LogP contribution is 2.33. The smallest absolute Gasteiger partial charge is 0.142 e. The second-order valence-corrected chi connectivity index (χ2v) is 3.91. The zero-order chi connectivity index (χ0) is 12.8. The molecule has 1 unspecified atom stereocenters. The minimum Gasteiger partial charge on any atom is -0.497 e. The predicted octanol–water partition coefficient (Wildman–Crippen LogP) is 1.88. The zero-order valence-corrected chi connectivity index (χ0v) is 11.1. The largest absolute Gasteiger partial charge is 0.497 e. The number of nitrogens with two attached hydrogens (primary N) is 1. The van der Waals surface area contributed by atoms with Crippen molar-refractivity contribution in [2.75, 3.05) is 32.2 Å². The normalized spacial score (nSPS) is 12.1. The lowest BCUT2D eigenvalue weighted by Gasteiger charge is -2.30. The Morgan fingerprint density at radius 2 is 2.00 bits per heavy atom. The molecule has 0 radical (unpaired) electrons. The molecule has 0 spiro atoms. The van der Waals surface area contributed by atoms with E-state index in [4.69, 9.17) is 15.2 Å². The van der Waals surface area contributed by atoms with Gasteiger partial charge in [-0.15, -0.1) is 0 Å². The molecule has 4 nitrogen and oxygen atoms in total. The molecule has 0 saturated carbocycles. The summed E-state index contributed by atoms with van der Waals surface area (Å²) >= 11 is 0.